The normalized spacial score (nSPS) is 18.4. The predicted molar refractivity (Wildman–Crippen MR) is 95.0 cm³/mol. The highest BCUT2D eigenvalue weighted by Gasteiger charge is 2.27. The maximum atomic E-state index is 12.5. The van der Waals surface area contributed by atoms with Crippen molar-refractivity contribution in [1.82, 2.24) is 19.9 Å². The van der Waals surface area contributed by atoms with E-state index in [4.69, 9.17) is 4.74 Å². The third-order valence-corrected chi connectivity index (χ3v) is 5.88. The zero-order chi connectivity index (χ0) is 17.2. The van der Waals surface area contributed by atoms with Crippen LogP contribution in [-0.4, -0.2) is 45.5 Å². The summed E-state index contributed by atoms with van der Waals surface area (Å²) in [7, 11) is 0. The Labute approximate surface area is 151 Å². The molecule has 0 bridgehead atoms. The first kappa shape index (κ1) is 16.4. The van der Waals surface area contributed by atoms with Gasteiger partial charge in [-0.05, 0) is 38.5 Å². The van der Waals surface area contributed by atoms with Crippen LogP contribution in [0, 0.1) is 12.8 Å². The molecule has 0 radical (unpaired) electrons. The van der Waals surface area contributed by atoms with E-state index >= 15 is 0 Å². The smallest absolute Gasteiger partial charge is 0.265 e. The first-order valence-corrected chi connectivity index (χ1v) is 9.73. The first-order chi connectivity index (χ1) is 12.2. The van der Waals surface area contributed by atoms with Gasteiger partial charge < -0.3 is 9.64 Å². The van der Waals surface area contributed by atoms with Crippen molar-refractivity contribution in [3.8, 4) is 5.88 Å². The van der Waals surface area contributed by atoms with Gasteiger partial charge in [-0.2, -0.15) is 0 Å². The molecule has 1 amide bonds. The van der Waals surface area contributed by atoms with Crippen molar-refractivity contribution in [2.75, 3.05) is 19.7 Å². The molecule has 0 atom stereocenters. The summed E-state index contributed by atoms with van der Waals surface area (Å²) >= 11 is 1.43. The molecule has 4 rings (SSSR count). The summed E-state index contributed by atoms with van der Waals surface area (Å²) in [5, 5.41) is 0. The number of nitrogens with zero attached hydrogens (tertiary/aromatic N) is 4. The molecule has 0 aromatic carbocycles. The molecule has 2 fully saturated rings. The van der Waals surface area contributed by atoms with Crippen LogP contribution in [0.3, 0.4) is 0 Å². The Bertz CT molecular complexity index is 751. The van der Waals surface area contributed by atoms with Crippen LogP contribution in [0.25, 0.3) is 0 Å². The molecule has 2 aromatic heterocycles. The molecule has 1 saturated heterocycles. The van der Waals surface area contributed by atoms with Crippen molar-refractivity contribution >= 4 is 17.2 Å². The van der Waals surface area contributed by atoms with Crippen molar-refractivity contribution in [2.24, 2.45) is 5.92 Å². The number of ether oxygens (including phenoxy) is 1. The number of hydrogen-bond acceptors (Lipinski definition) is 6. The van der Waals surface area contributed by atoms with Crippen molar-refractivity contribution in [1.29, 1.82) is 0 Å². The van der Waals surface area contributed by atoms with E-state index in [9.17, 15) is 4.79 Å². The van der Waals surface area contributed by atoms with E-state index in [-0.39, 0.29) is 5.91 Å². The number of rotatable bonds is 5. The number of aromatic nitrogens is 3. The fourth-order valence-electron chi connectivity index (χ4n) is 3.19. The fourth-order valence-corrected chi connectivity index (χ4v) is 3.96. The molecule has 7 heteroatoms. The lowest BCUT2D eigenvalue weighted by Crippen LogP contribution is -2.39. The fraction of sp³-hybridized carbons (Fsp3) is 0.556. The van der Waals surface area contributed by atoms with Gasteiger partial charge in [-0.15, -0.1) is 11.3 Å². The van der Waals surface area contributed by atoms with Crippen LogP contribution in [-0.2, 0) is 0 Å². The largest absolute Gasteiger partial charge is 0.477 e. The van der Waals surface area contributed by atoms with E-state index in [1.807, 2.05) is 17.9 Å². The Kier molecular flexibility index (Phi) is 4.65. The maximum Gasteiger partial charge on any atom is 0.265 e. The molecule has 6 nitrogen and oxygen atoms in total. The summed E-state index contributed by atoms with van der Waals surface area (Å²) in [5.41, 5.74) is 3.67. The van der Waals surface area contributed by atoms with Gasteiger partial charge in [0.25, 0.3) is 5.91 Å². The lowest BCUT2D eigenvalue weighted by atomic mass is 9.97. The second-order valence-corrected chi connectivity index (χ2v) is 7.72. The van der Waals surface area contributed by atoms with Crippen molar-refractivity contribution in [2.45, 2.75) is 38.5 Å². The number of thiazole rings is 1. The molecule has 25 heavy (non-hydrogen) atoms. The second kappa shape index (κ2) is 7.07. The third-order valence-electron chi connectivity index (χ3n) is 4.97. The van der Waals surface area contributed by atoms with E-state index in [1.54, 1.807) is 11.8 Å². The summed E-state index contributed by atoms with van der Waals surface area (Å²) in [6, 6.07) is 1.98. The van der Waals surface area contributed by atoms with Gasteiger partial charge in [-0.1, -0.05) is 0 Å². The van der Waals surface area contributed by atoms with Gasteiger partial charge in [-0.25, -0.2) is 15.0 Å². The number of carbonyl (C=O) groups is 1. The van der Waals surface area contributed by atoms with Gasteiger partial charge in [0.05, 0.1) is 23.5 Å². The van der Waals surface area contributed by atoms with Gasteiger partial charge in [0.1, 0.15) is 11.2 Å². The standard InChI is InChI=1S/C18H22N4O2S/c1-12-17(25-11-21-12)18(23)22-6-4-13(5-7-22)9-24-16-8-15(14-2-3-14)19-10-20-16/h8,10-11,13-14H,2-7,9H2,1H3. The van der Waals surface area contributed by atoms with E-state index in [0.29, 0.717) is 24.3 Å². The summed E-state index contributed by atoms with van der Waals surface area (Å²) in [6.45, 7) is 4.10. The highest BCUT2D eigenvalue weighted by molar-refractivity contribution is 7.11. The average molecular weight is 358 g/mol. The molecule has 3 heterocycles. The molecule has 1 saturated carbocycles. The summed E-state index contributed by atoms with van der Waals surface area (Å²) in [5.74, 6) is 1.86. The van der Waals surface area contributed by atoms with Gasteiger partial charge in [-0.3, -0.25) is 4.79 Å². The van der Waals surface area contributed by atoms with Gasteiger partial charge >= 0.3 is 0 Å². The molecule has 0 spiro atoms. The van der Waals surface area contributed by atoms with Crippen molar-refractivity contribution in [3.05, 3.63) is 34.2 Å². The zero-order valence-corrected chi connectivity index (χ0v) is 15.2. The Balaban J connectivity index is 1.27. The highest BCUT2D eigenvalue weighted by atomic mass is 32.1. The van der Waals surface area contributed by atoms with E-state index < -0.39 is 0 Å². The molecule has 132 valence electrons. The molecule has 0 unspecified atom stereocenters. The van der Waals surface area contributed by atoms with Crippen molar-refractivity contribution in [3.63, 3.8) is 0 Å². The summed E-state index contributed by atoms with van der Waals surface area (Å²) in [4.78, 5) is 27.9. The SMILES string of the molecule is Cc1ncsc1C(=O)N1CCC(COc2cc(C3CC3)ncn2)CC1. The molecule has 1 aliphatic carbocycles. The molecule has 1 aliphatic heterocycles. The van der Waals surface area contributed by atoms with E-state index in [2.05, 4.69) is 15.0 Å². The monoisotopic (exact) mass is 358 g/mol. The minimum Gasteiger partial charge on any atom is -0.477 e. The van der Waals surface area contributed by atoms with Gasteiger partial charge in [0.15, 0.2) is 0 Å². The van der Waals surface area contributed by atoms with Crippen LogP contribution in [0.4, 0.5) is 0 Å². The molecule has 2 aliphatic rings. The molecule has 0 N–H and O–H groups in total. The third kappa shape index (κ3) is 3.81. The predicted octanol–water partition coefficient (Wildman–Crippen LogP) is 3.05. The Morgan fingerprint density at radius 2 is 2.04 bits per heavy atom. The summed E-state index contributed by atoms with van der Waals surface area (Å²) in [6.07, 6.45) is 5.97. The number of aryl methyl sites for hydroxylation is 1. The van der Waals surface area contributed by atoms with Gasteiger partial charge in [0, 0.05) is 25.1 Å². The zero-order valence-electron chi connectivity index (χ0n) is 14.4. The number of carbonyl (C=O) groups excluding carboxylic acids is 1. The molecular weight excluding hydrogens is 336 g/mol. The maximum absolute atomic E-state index is 12.5. The van der Waals surface area contributed by atoms with Crippen molar-refractivity contribution < 1.29 is 9.53 Å². The Morgan fingerprint density at radius 1 is 1.24 bits per heavy atom. The average Bonchev–Trinajstić information content (AvgIpc) is 3.41. The lowest BCUT2D eigenvalue weighted by Gasteiger charge is -2.31. The van der Waals surface area contributed by atoms with E-state index in [0.717, 1.165) is 42.2 Å². The molecular formula is C18H22N4O2S. The van der Waals surface area contributed by atoms with Crippen LogP contribution in [0.1, 0.15) is 52.7 Å². The number of hydrogen-bond donors (Lipinski definition) is 0. The first-order valence-electron chi connectivity index (χ1n) is 8.85. The highest BCUT2D eigenvalue weighted by Crippen LogP contribution is 2.39. The van der Waals surface area contributed by atoms with Crippen LogP contribution < -0.4 is 4.74 Å². The van der Waals surface area contributed by atoms with E-state index in [1.165, 1.54) is 24.2 Å². The minimum atomic E-state index is 0.115. The lowest BCUT2D eigenvalue weighted by molar-refractivity contribution is 0.0663. The number of likely N-dealkylation sites (tertiary alicyclic amines) is 1. The van der Waals surface area contributed by atoms with Gasteiger partial charge in [0.2, 0.25) is 5.88 Å². The van der Waals surface area contributed by atoms with Crippen LogP contribution in [0.5, 0.6) is 5.88 Å². The number of amides is 1. The minimum absolute atomic E-state index is 0.115. The Hall–Kier alpha value is -2.02. The summed E-state index contributed by atoms with van der Waals surface area (Å²) < 4.78 is 5.89. The number of piperidine rings is 1. The van der Waals surface area contributed by atoms with Crippen LogP contribution in [0.2, 0.25) is 0 Å². The topological polar surface area (TPSA) is 68.2 Å². The second-order valence-electron chi connectivity index (χ2n) is 6.87. The quantitative estimate of drug-likeness (QED) is 0.822. The van der Waals surface area contributed by atoms with Crippen LogP contribution >= 0.6 is 11.3 Å². The molecule has 2 aromatic rings. The Morgan fingerprint density at radius 3 is 2.72 bits per heavy atom. The van der Waals surface area contributed by atoms with Crippen LogP contribution in [0.15, 0.2) is 17.9 Å².